The summed E-state index contributed by atoms with van der Waals surface area (Å²) in [5.41, 5.74) is 2.69. The average molecular weight is 430 g/mol. The fourth-order valence-electron chi connectivity index (χ4n) is 3.66. The van der Waals surface area contributed by atoms with Crippen LogP contribution in [0.25, 0.3) is 27.1 Å². The Bertz CT molecular complexity index is 1320. The van der Waals surface area contributed by atoms with E-state index >= 15 is 0 Å². The predicted molar refractivity (Wildman–Crippen MR) is 118 cm³/mol. The van der Waals surface area contributed by atoms with Crippen LogP contribution in [0.15, 0.2) is 43.0 Å². The van der Waals surface area contributed by atoms with Gasteiger partial charge in [-0.25, -0.2) is 29.2 Å². The Morgan fingerprint density at radius 3 is 2.81 bits per heavy atom. The first-order chi connectivity index (χ1) is 15.5. The van der Waals surface area contributed by atoms with Crippen LogP contribution < -0.4 is 10.2 Å². The van der Waals surface area contributed by atoms with Gasteiger partial charge in [-0.05, 0) is 24.6 Å². The van der Waals surface area contributed by atoms with Gasteiger partial charge in [0.05, 0.1) is 30.6 Å². The monoisotopic (exact) mass is 430 g/mol. The van der Waals surface area contributed by atoms with E-state index in [0.717, 1.165) is 17.6 Å². The number of rotatable bonds is 5. The zero-order valence-corrected chi connectivity index (χ0v) is 17.1. The number of aliphatic hydroxyl groups excluding tert-OH is 1. The maximum atomic E-state index is 13.8. The summed E-state index contributed by atoms with van der Waals surface area (Å²) >= 11 is 0. The molecule has 4 aromatic heterocycles. The third-order valence-corrected chi connectivity index (χ3v) is 5.45. The summed E-state index contributed by atoms with van der Waals surface area (Å²) in [7, 11) is 0. The quantitative estimate of drug-likeness (QED) is 0.416. The fraction of sp³-hybridized carbons (Fsp3) is 0.227. The number of aliphatic hydroxyl groups is 1. The van der Waals surface area contributed by atoms with E-state index in [-0.39, 0.29) is 17.8 Å². The second-order valence-corrected chi connectivity index (χ2v) is 7.67. The number of halogens is 1. The number of nitrogens with one attached hydrogen (secondary N) is 2. The Morgan fingerprint density at radius 1 is 1.25 bits per heavy atom. The minimum Gasteiger partial charge on any atom is -0.389 e. The van der Waals surface area contributed by atoms with Crippen molar-refractivity contribution in [1.82, 2.24) is 24.9 Å². The number of β-amino-alcohol motifs (C(OH)–C–C–N with tert-alkyl or cyclic N) is 1. The zero-order chi connectivity index (χ0) is 22.2. The van der Waals surface area contributed by atoms with E-state index in [1.807, 2.05) is 24.0 Å². The summed E-state index contributed by atoms with van der Waals surface area (Å²) in [5, 5.41) is 13.2. The minimum atomic E-state index is -0.465. The molecule has 32 heavy (non-hydrogen) atoms. The molecule has 0 saturated carbocycles. The van der Waals surface area contributed by atoms with Gasteiger partial charge < -0.3 is 20.3 Å². The number of hydrogen-bond acceptors (Lipinski definition) is 7. The standard InChI is InChI=1S/C22H19FN8O/c1-12(13-3-4-19(25-6-13)31-10-15(32)11-31)29-22-28-9-18(24-2)20(30-22)17-8-27-21-16(17)5-14(23)7-26-21/h3-9,12,15,32H,10-11H2,1H3,(H,26,27)(H,28,29,30). The van der Waals surface area contributed by atoms with E-state index < -0.39 is 5.82 Å². The lowest BCUT2D eigenvalue weighted by Gasteiger charge is -2.36. The maximum Gasteiger partial charge on any atom is 0.231 e. The van der Waals surface area contributed by atoms with Crippen molar-refractivity contribution in [1.29, 1.82) is 0 Å². The molecular weight excluding hydrogens is 411 g/mol. The van der Waals surface area contributed by atoms with Gasteiger partial charge in [0.2, 0.25) is 11.6 Å². The number of anilines is 2. The number of fused-ring (bicyclic) bond motifs is 1. The van der Waals surface area contributed by atoms with Crippen LogP contribution in [-0.4, -0.2) is 49.2 Å². The lowest BCUT2D eigenvalue weighted by molar-refractivity contribution is 0.141. The number of aromatic amines is 1. The Hall–Kier alpha value is -4.10. The van der Waals surface area contributed by atoms with Crippen LogP contribution >= 0.6 is 0 Å². The summed E-state index contributed by atoms with van der Waals surface area (Å²) in [6.07, 6.45) is 5.74. The molecule has 1 aliphatic rings. The van der Waals surface area contributed by atoms with E-state index in [2.05, 4.69) is 35.1 Å². The molecule has 0 radical (unpaired) electrons. The second-order valence-electron chi connectivity index (χ2n) is 7.67. The molecule has 3 N–H and O–H groups in total. The smallest absolute Gasteiger partial charge is 0.231 e. The van der Waals surface area contributed by atoms with Gasteiger partial charge in [0, 0.05) is 42.6 Å². The molecule has 1 unspecified atom stereocenters. The van der Waals surface area contributed by atoms with Gasteiger partial charge in [-0.1, -0.05) is 6.07 Å². The summed E-state index contributed by atoms with van der Waals surface area (Å²) in [6.45, 7) is 10.6. The van der Waals surface area contributed by atoms with E-state index in [9.17, 15) is 9.50 Å². The molecule has 1 fully saturated rings. The summed E-state index contributed by atoms with van der Waals surface area (Å²) in [5.74, 6) is 0.701. The maximum absolute atomic E-state index is 13.8. The second kappa shape index (κ2) is 7.86. The Morgan fingerprint density at radius 2 is 2.09 bits per heavy atom. The number of hydrogen-bond donors (Lipinski definition) is 3. The molecule has 0 spiro atoms. The normalized spacial score (nSPS) is 14.8. The van der Waals surface area contributed by atoms with Gasteiger partial charge in [0.15, 0.2) is 0 Å². The highest BCUT2D eigenvalue weighted by Gasteiger charge is 2.25. The molecule has 9 nitrogen and oxygen atoms in total. The molecule has 1 atom stereocenters. The molecular formula is C22H19FN8O. The first-order valence-electron chi connectivity index (χ1n) is 10.0. The molecule has 10 heteroatoms. The van der Waals surface area contributed by atoms with Crippen LogP contribution in [0.1, 0.15) is 18.5 Å². The molecule has 1 saturated heterocycles. The molecule has 0 aromatic carbocycles. The summed E-state index contributed by atoms with van der Waals surface area (Å²) in [6, 6.07) is 5.10. The van der Waals surface area contributed by atoms with Crippen molar-refractivity contribution < 1.29 is 9.50 Å². The lowest BCUT2D eigenvalue weighted by Crippen LogP contribution is -2.51. The molecule has 4 aromatic rings. The number of pyridine rings is 2. The molecule has 5 rings (SSSR count). The number of aromatic nitrogens is 5. The van der Waals surface area contributed by atoms with Gasteiger partial charge in [0.1, 0.15) is 17.3 Å². The molecule has 160 valence electrons. The average Bonchev–Trinajstić information content (AvgIpc) is 3.20. The van der Waals surface area contributed by atoms with Crippen LogP contribution in [0.4, 0.5) is 21.8 Å². The van der Waals surface area contributed by atoms with Crippen LogP contribution in [0, 0.1) is 12.4 Å². The van der Waals surface area contributed by atoms with Gasteiger partial charge in [-0.15, -0.1) is 0 Å². The first-order valence-corrected chi connectivity index (χ1v) is 10.0. The number of nitrogens with zero attached hydrogens (tertiary/aromatic N) is 6. The van der Waals surface area contributed by atoms with Crippen LogP contribution in [0.5, 0.6) is 0 Å². The van der Waals surface area contributed by atoms with Crippen molar-refractivity contribution in [3.63, 3.8) is 0 Å². The van der Waals surface area contributed by atoms with Gasteiger partial charge >= 0.3 is 0 Å². The van der Waals surface area contributed by atoms with E-state index in [0.29, 0.717) is 41.3 Å². The predicted octanol–water partition coefficient (Wildman–Crippen LogP) is 3.46. The minimum absolute atomic E-state index is 0.146. The highest BCUT2D eigenvalue weighted by Crippen LogP contribution is 2.34. The van der Waals surface area contributed by atoms with Gasteiger partial charge in [0.25, 0.3) is 0 Å². The number of H-pyrrole nitrogens is 1. The fourth-order valence-corrected chi connectivity index (χ4v) is 3.66. The summed E-state index contributed by atoms with van der Waals surface area (Å²) < 4.78 is 13.8. The lowest BCUT2D eigenvalue weighted by atomic mass is 10.1. The Labute approximate surface area is 182 Å². The van der Waals surface area contributed by atoms with Gasteiger partial charge in [-0.3, -0.25) is 0 Å². The van der Waals surface area contributed by atoms with Crippen LogP contribution in [0.2, 0.25) is 0 Å². The molecule has 0 aliphatic carbocycles. The van der Waals surface area contributed by atoms with E-state index in [1.165, 1.54) is 12.3 Å². The molecule has 0 amide bonds. The topological polar surface area (TPSA) is 107 Å². The third kappa shape index (κ3) is 3.59. The zero-order valence-electron chi connectivity index (χ0n) is 17.1. The van der Waals surface area contributed by atoms with Crippen molar-refractivity contribution in [2.45, 2.75) is 19.1 Å². The van der Waals surface area contributed by atoms with Crippen molar-refractivity contribution in [2.75, 3.05) is 23.3 Å². The third-order valence-electron chi connectivity index (χ3n) is 5.45. The highest BCUT2D eigenvalue weighted by atomic mass is 19.1. The van der Waals surface area contributed by atoms with E-state index in [1.54, 1.807) is 12.4 Å². The SMILES string of the molecule is [C-]#[N+]c1cnc(NC(C)c2ccc(N3CC(O)C3)nc2)nc1-c1c[nH]c2ncc(F)cc12. The van der Waals surface area contributed by atoms with E-state index in [4.69, 9.17) is 6.57 Å². The van der Waals surface area contributed by atoms with Crippen molar-refractivity contribution in [3.05, 3.63) is 65.8 Å². The van der Waals surface area contributed by atoms with Crippen molar-refractivity contribution >= 4 is 28.5 Å². The highest BCUT2D eigenvalue weighted by molar-refractivity contribution is 5.96. The van der Waals surface area contributed by atoms with Crippen molar-refractivity contribution in [2.24, 2.45) is 0 Å². The molecule has 1 aliphatic heterocycles. The van der Waals surface area contributed by atoms with Gasteiger partial charge in [-0.2, -0.15) is 0 Å². The largest absolute Gasteiger partial charge is 0.389 e. The Kier molecular flexibility index (Phi) is 4.88. The van der Waals surface area contributed by atoms with Crippen molar-refractivity contribution in [3.8, 4) is 11.3 Å². The van der Waals surface area contributed by atoms with Crippen LogP contribution in [0.3, 0.4) is 0 Å². The summed E-state index contributed by atoms with van der Waals surface area (Å²) in [4.78, 5) is 25.8. The molecule has 5 heterocycles. The van der Waals surface area contributed by atoms with Crippen LogP contribution in [-0.2, 0) is 0 Å². The molecule has 0 bridgehead atoms. The first kappa shape index (κ1) is 19.8. The Balaban J connectivity index is 1.41.